The fourth-order valence-corrected chi connectivity index (χ4v) is 5.51. The van der Waals surface area contributed by atoms with Crippen LogP contribution in [0.1, 0.15) is 27.0 Å². The van der Waals surface area contributed by atoms with Gasteiger partial charge in [0.05, 0.1) is 22.3 Å². The molecule has 0 unspecified atom stereocenters. The maximum Gasteiger partial charge on any atom is 0.262 e. The molecule has 1 fully saturated rings. The summed E-state index contributed by atoms with van der Waals surface area (Å²) in [6, 6.07) is 16.6. The molecule has 3 aromatic rings. The molecule has 2 heterocycles. The highest BCUT2D eigenvalue weighted by Crippen LogP contribution is 2.26. The van der Waals surface area contributed by atoms with Gasteiger partial charge in [0.1, 0.15) is 5.82 Å². The first kappa shape index (κ1) is 24.7. The average molecular weight is 494 g/mol. The third-order valence-electron chi connectivity index (χ3n) is 6.01. The molecule has 0 bridgehead atoms. The van der Waals surface area contributed by atoms with Crippen molar-refractivity contribution in [3.05, 3.63) is 83.0 Å². The molecule has 0 spiro atoms. The van der Waals surface area contributed by atoms with Crippen molar-refractivity contribution in [1.29, 1.82) is 0 Å². The summed E-state index contributed by atoms with van der Waals surface area (Å²) in [5.74, 6) is 0.341. The van der Waals surface area contributed by atoms with E-state index in [4.69, 9.17) is 0 Å². The lowest BCUT2D eigenvalue weighted by atomic mass is 10.1. The molecule has 8 nitrogen and oxygen atoms in total. The number of nitrogens with zero attached hydrogens (tertiary/aromatic N) is 3. The molecule has 0 saturated carbocycles. The Kier molecular flexibility index (Phi) is 7.37. The second-order valence-electron chi connectivity index (χ2n) is 8.85. The Morgan fingerprint density at radius 3 is 2.51 bits per heavy atom. The second kappa shape index (κ2) is 10.5. The van der Waals surface area contributed by atoms with Crippen LogP contribution in [0.2, 0.25) is 0 Å². The first-order valence-corrected chi connectivity index (χ1v) is 13.1. The number of hydrogen-bond acceptors (Lipinski definition) is 6. The van der Waals surface area contributed by atoms with Crippen molar-refractivity contribution in [2.45, 2.75) is 25.3 Å². The number of sulfonamides is 1. The van der Waals surface area contributed by atoms with Gasteiger partial charge in [-0.15, -0.1) is 0 Å². The van der Waals surface area contributed by atoms with Gasteiger partial charge >= 0.3 is 0 Å². The number of pyridine rings is 1. The third kappa shape index (κ3) is 5.80. The number of piperazine rings is 1. The monoisotopic (exact) mass is 493 g/mol. The molecule has 0 aliphatic carbocycles. The first-order valence-electron chi connectivity index (χ1n) is 11.6. The Labute approximate surface area is 207 Å². The average Bonchev–Trinajstić information content (AvgIpc) is 2.86. The summed E-state index contributed by atoms with van der Waals surface area (Å²) in [5.41, 5.74) is 3.12. The molecule has 2 N–H and O–H groups in total. The minimum Gasteiger partial charge on any atom is -0.353 e. The quantitative estimate of drug-likeness (QED) is 0.525. The summed E-state index contributed by atoms with van der Waals surface area (Å²) in [7, 11) is -2.11. The number of carbonyl (C=O) groups is 1. The summed E-state index contributed by atoms with van der Waals surface area (Å²) < 4.78 is 29.0. The third-order valence-corrected chi connectivity index (χ3v) is 7.53. The predicted octanol–water partition coefficient (Wildman–Crippen LogP) is 3.18. The second-order valence-corrected chi connectivity index (χ2v) is 10.5. The van der Waals surface area contributed by atoms with Gasteiger partial charge in [-0.1, -0.05) is 42.5 Å². The largest absolute Gasteiger partial charge is 0.353 e. The van der Waals surface area contributed by atoms with E-state index in [9.17, 15) is 13.2 Å². The van der Waals surface area contributed by atoms with E-state index in [0.717, 1.165) is 24.2 Å². The molecule has 1 aliphatic heterocycles. The maximum absolute atomic E-state index is 13.6. The topological polar surface area (TPSA) is 94.6 Å². The number of aromatic nitrogens is 1. The van der Waals surface area contributed by atoms with Gasteiger partial charge in [0.15, 0.2) is 0 Å². The highest BCUT2D eigenvalue weighted by atomic mass is 32.2. The van der Waals surface area contributed by atoms with Crippen molar-refractivity contribution < 1.29 is 13.2 Å². The van der Waals surface area contributed by atoms with Gasteiger partial charge in [-0.05, 0) is 42.7 Å². The summed E-state index contributed by atoms with van der Waals surface area (Å²) in [6.07, 6.45) is 1.48. The number of amides is 1. The fourth-order valence-electron chi connectivity index (χ4n) is 4.14. The molecular formula is C26H31N5O3S. The van der Waals surface area contributed by atoms with Gasteiger partial charge in [0.25, 0.3) is 15.9 Å². The standard InChI is InChI=1S/C26H31N5O3S/c1-19-9-10-20(2)24(15-19)35(33,34)29-22-16-23(25(28-17-22)31-13-11-27-12-14-31)26(32)30(3)18-21-7-5-4-6-8-21/h4-10,15-17,27,29H,11-14,18H2,1-3H3. The molecule has 35 heavy (non-hydrogen) atoms. The minimum absolute atomic E-state index is 0.206. The zero-order valence-electron chi connectivity index (χ0n) is 20.3. The normalized spacial score (nSPS) is 14.0. The minimum atomic E-state index is -3.85. The van der Waals surface area contributed by atoms with Crippen molar-refractivity contribution in [3.63, 3.8) is 0 Å². The van der Waals surface area contributed by atoms with E-state index < -0.39 is 10.0 Å². The molecule has 4 rings (SSSR count). The Morgan fingerprint density at radius 2 is 1.80 bits per heavy atom. The number of carbonyl (C=O) groups excluding carboxylic acids is 1. The molecule has 2 aromatic carbocycles. The Bertz CT molecular complexity index is 1310. The van der Waals surface area contributed by atoms with Gasteiger partial charge in [-0.25, -0.2) is 13.4 Å². The number of aryl methyl sites for hydroxylation is 2. The van der Waals surface area contributed by atoms with Crippen molar-refractivity contribution in [2.75, 3.05) is 42.8 Å². The molecule has 1 aromatic heterocycles. The number of hydrogen-bond donors (Lipinski definition) is 2. The molecule has 0 radical (unpaired) electrons. The molecule has 9 heteroatoms. The number of rotatable bonds is 7. The van der Waals surface area contributed by atoms with E-state index in [2.05, 4.69) is 19.9 Å². The zero-order valence-corrected chi connectivity index (χ0v) is 21.1. The lowest BCUT2D eigenvalue weighted by Gasteiger charge is -2.30. The van der Waals surface area contributed by atoms with E-state index in [1.807, 2.05) is 43.3 Å². The highest BCUT2D eigenvalue weighted by molar-refractivity contribution is 7.92. The van der Waals surface area contributed by atoms with Crippen LogP contribution in [-0.4, -0.2) is 57.4 Å². The summed E-state index contributed by atoms with van der Waals surface area (Å²) in [6.45, 7) is 7.03. The van der Waals surface area contributed by atoms with Crippen molar-refractivity contribution in [1.82, 2.24) is 15.2 Å². The van der Waals surface area contributed by atoms with Crippen LogP contribution in [0.5, 0.6) is 0 Å². The van der Waals surface area contributed by atoms with Crippen LogP contribution in [0, 0.1) is 13.8 Å². The molecule has 0 atom stereocenters. The fraction of sp³-hybridized carbons (Fsp3) is 0.308. The van der Waals surface area contributed by atoms with Crippen LogP contribution in [-0.2, 0) is 16.6 Å². The molecule has 1 aliphatic rings. The van der Waals surface area contributed by atoms with Gasteiger partial charge in [-0.2, -0.15) is 0 Å². The van der Waals surface area contributed by atoms with E-state index in [1.54, 1.807) is 37.1 Å². The predicted molar refractivity (Wildman–Crippen MR) is 138 cm³/mol. The maximum atomic E-state index is 13.6. The number of anilines is 2. The first-order chi connectivity index (χ1) is 16.7. The zero-order chi connectivity index (χ0) is 25.0. The lowest BCUT2D eigenvalue weighted by Crippen LogP contribution is -2.44. The molecule has 1 saturated heterocycles. The van der Waals surface area contributed by atoms with Crippen LogP contribution in [0.3, 0.4) is 0 Å². The summed E-state index contributed by atoms with van der Waals surface area (Å²) in [5, 5.41) is 3.30. The molecule has 1 amide bonds. The Morgan fingerprint density at radius 1 is 1.09 bits per heavy atom. The van der Waals surface area contributed by atoms with Crippen LogP contribution < -0.4 is 14.9 Å². The Balaban J connectivity index is 1.67. The van der Waals surface area contributed by atoms with Crippen molar-refractivity contribution >= 4 is 27.4 Å². The lowest BCUT2D eigenvalue weighted by molar-refractivity contribution is 0.0785. The number of nitrogens with one attached hydrogen (secondary N) is 2. The van der Waals surface area contributed by atoms with Gasteiger partial charge in [0, 0.05) is 39.8 Å². The van der Waals surface area contributed by atoms with Crippen LogP contribution >= 0.6 is 0 Å². The SMILES string of the molecule is Cc1ccc(C)c(S(=O)(=O)Nc2cnc(N3CCNCC3)c(C(=O)N(C)Cc3ccccc3)c2)c1. The summed E-state index contributed by atoms with van der Waals surface area (Å²) in [4.78, 5) is 22.0. The van der Waals surface area contributed by atoms with Crippen LogP contribution in [0.15, 0.2) is 65.7 Å². The number of benzene rings is 2. The summed E-state index contributed by atoms with van der Waals surface area (Å²) >= 11 is 0. The van der Waals surface area contributed by atoms with Gasteiger partial charge in [-0.3, -0.25) is 9.52 Å². The molecule has 184 valence electrons. The van der Waals surface area contributed by atoms with Gasteiger partial charge < -0.3 is 15.1 Å². The van der Waals surface area contributed by atoms with Crippen molar-refractivity contribution in [3.8, 4) is 0 Å². The van der Waals surface area contributed by atoms with E-state index in [-0.39, 0.29) is 16.5 Å². The smallest absolute Gasteiger partial charge is 0.262 e. The highest BCUT2D eigenvalue weighted by Gasteiger charge is 2.25. The van der Waals surface area contributed by atoms with E-state index >= 15 is 0 Å². The Hall–Kier alpha value is -3.43. The van der Waals surface area contributed by atoms with Crippen molar-refractivity contribution in [2.24, 2.45) is 0 Å². The molecular weight excluding hydrogens is 462 g/mol. The van der Waals surface area contributed by atoms with Gasteiger partial charge in [0.2, 0.25) is 0 Å². The van der Waals surface area contributed by atoms with E-state index in [0.29, 0.717) is 36.6 Å². The van der Waals surface area contributed by atoms with Crippen LogP contribution in [0.25, 0.3) is 0 Å². The van der Waals surface area contributed by atoms with E-state index in [1.165, 1.54) is 6.20 Å². The van der Waals surface area contributed by atoms with Crippen LogP contribution in [0.4, 0.5) is 11.5 Å².